The van der Waals surface area contributed by atoms with E-state index in [1.165, 1.54) is 13.8 Å². The SMILES string of the molecule is CC(NC(=O)[C@@H](NC(=O)[C@@H](N)CC(=O)O)[C@@H](C)O)C(=O)O. The summed E-state index contributed by atoms with van der Waals surface area (Å²) in [4.78, 5) is 44.4. The quantitative estimate of drug-likeness (QED) is 0.279. The zero-order chi connectivity index (χ0) is 16.7. The van der Waals surface area contributed by atoms with Crippen molar-refractivity contribution >= 4 is 23.8 Å². The van der Waals surface area contributed by atoms with Gasteiger partial charge in [0, 0.05) is 0 Å². The van der Waals surface area contributed by atoms with Gasteiger partial charge >= 0.3 is 11.9 Å². The smallest absolute Gasteiger partial charge is 0.325 e. The first kappa shape index (κ1) is 18.8. The maximum atomic E-state index is 11.8. The van der Waals surface area contributed by atoms with E-state index in [4.69, 9.17) is 15.9 Å². The Labute approximate surface area is 120 Å². The predicted octanol–water partition coefficient (Wildman–Crippen LogP) is -2.76. The lowest BCUT2D eigenvalue weighted by Crippen LogP contribution is -2.57. The van der Waals surface area contributed by atoms with Gasteiger partial charge in [0.15, 0.2) is 0 Å². The largest absolute Gasteiger partial charge is 0.481 e. The van der Waals surface area contributed by atoms with Crippen LogP contribution in [0.25, 0.3) is 0 Å². The zero-order valence-electron chi connectivity index (χ0n) is 11.6. The number of nitrogens with one attached hydrogen (secondary N) is 2. The number of hydrogen-bond acceptors (Lipinski definition) is 6. The predicted molar refractivity (Wildman–Crippen MR) is 69.1 cm³/mol. The van der Waals surface area contributed by atoms with E-state index in [0.29, 0.717) is 0 Å². The lowest BCUT2D eigenvalue weighted by Gasteiger charge is -2.23. The monoisotopic (exact) mass is 305 g/mol. The van der Waals surface area contributed by atoms with Gasteiger partial charge < -0.3 is 31.7 Å². The molecule has 0 saturated carbocycles. The summed E-state index contributed by atoms with van der Waals surface area (Å²) < 4.78 is 0. The van der Waals surface area contributed by atoms with Crippen LogP contribution in [0.3, 0.4) is 0 Å². The fourth-order valence-corrected chi connectivity index (χ4v) is 1.31. The van der Waals surface area contributed by atoms with Crippen molar-refractivity contribution < 1.29 is 34.5 Å². The molecule has 0 aliphatic rings. The molecule has 4 atom stereocenters. The maximum Gasteiger partial charge on any atom is 0.325 e. The molecular formula is C11H19N3O7. The Hall–Kier alpha value is -2.20. The number of nitrogens with two attached hydrogens (primary N) is 1. The minimum atomic E-state index is -1.45. The van der Waals surface area contributed by atoms with Crippen LogP contribution in [0.4, 0.5) is 0 Å². The molecule has 0 radical (unpaired) electrons. The number of carbonyl (C=O) groups is 4. The van der Waals surface area contributed by atoms with E-state index < -0.39 is 54.4 Å². The summed E-state index contributed by atoms with van der Waals surface area (Å²) in [6.45, 7) is 2.41. The molecule has 21 heavy (non-hydrogen) atoms. The Morgan fingerprint density at radius 3 is 1.95 bits per heavy atom. The standard InChI is InChI=1S/C11H19N3O7/c1-4(11(20)21)13-10(19)8(5(2)15)14-9(18)6(12)3-7(16)17/h4-6,8,15H,3,12H2,1-2H3,(H,13,19)(H,14,18)(H,16,17)(H,20,21)/t4?,5-,6+,8+/m1/s1. The zero-order valence-corrected chi connectivity index (χ0v) is 11.6. The summed E-state index contributed by atoms with van der Waals surface area (Å²) in [5, 5.41) is 30.8. The summed E-state index contributed by atoms with van der Waals surface area (Å²) in [5.74, 6) is -4.45. The number of aliphatic hydroxyl groups excluding tert-OH is 1. The Bertz CT molecular complexity index is 424. The van der Waals surface area contributed by atoms with E-state index in [1.807, 2.05) is 0 Å². The highest BCUT2D eigenvalue weighted by molar-refractivity contribution is 5.93. The van der Waals surface area contributed by atoms with Crippen LogP contribution >= 0.6 is 0 Å². The van der Waals surface area contributed by atoms with E-state index in [2.05, 4.69) is 10.6 Å². The number of rotatable bonds is 8. The van der Waals surface area contributed by atoms with E-state index in [1.54, 1.807) is 0 Å². The van der Waals surface area contributed by atoms with Crippen molar-refractivity contribution in [2.75, 3.05) is 0 Å². The van der Waals surface area contributed by atoms with Crippen LogP contribution in [0.1, 0.15) is 20.3 Å². The summed E-state index contributed by atoms with van der Waals surface area (Å²) in [7, 11) is 0. The number of carboxylic acid groups (broad SMARTS) is 2. The van der Waals surface area contributed by atoms with Crippen LogP contribution in [0, 0.1) is 0 Å². The van der Waals surface area contributed by atoms with Crippen molar-refractivity contribution in [2.45, 2.75) is 44.5 Å². The summed E-state index contributed by atoms with van der Waals surface area (Å²) in [6.07, 6.45) is -1.97. The minimum Gasteiger partial charge on any atom is -0.481 e. The summed E-state index contributed by atoms with van der Waals surface area (Å²) in [6, 6.07) is -4.06. The molecule has 0 rings (SSSR count). The number of aliphatic hydroxyl groups is 1. The van der Waals surface area contributed by atoms with E-state index in [9.17, 15) is 24.3 Å². The van der Waals surface area contributed by atoms with Crippen molar-refractivity contribution in [1.82, 2.24) is 10.6 Å². The molecule has 120 valence electrons. The second kappa shape index (κ2) is 8.17. The number of amides is 2. The summed E-state index contributed by atoms with van der Waals surface area (Å²) >= 11 is 0. The van der Waals surface area contributed by atoms with Crippen molar-refractivity contribution in [3.63, 3.8) is 0 Å². The molecule has 1 unspecified atom stereocenters. The molecule has 7 N–H and O–H groups in total. The van der Waals surface area contributed by atoms with Crippen molar-refractivity contribution in [2.24, 2.45) is 5.73 Å². The fourth-order valence-electron chi connectivity index (χ4n) is 1.31. The molecule has 0 fully saturated rings. The van der Waals surface area contributed by atoms with Crippen LogP contribution in [-0.2, 0) is 19.2 Å². The molecule has 0 heterocycles. The molecule has 2 amide bonds. The van der Waals surface area contributed by atoms with E-state index in [0.717, 1.165) is 0 Å². The topological polar surface area (TPSA) is 179 Å². The highest BCUT2D eigenvalue weighted by atomic mass is 16.4. The first-order valence-corrected chi connectivity index (χ1v) is 6.05. The Kier molecular flexibility index (Phi) is 7.31. The Morgan fingerprint density at radius 1 is 1.05 bits per heavy atom. The molecular weight excluding hydrogens is 286 g/mol. The first-order chi connectivity index (χ1) is 9.56. The third-order valence-corrected chi connectivity index (χ3v) is 2.52. The molecule has 0 bridgehead atoms. The average Bonchev–Trinajstić information content (AvgIpc) is 2.33. The molecule has 10 heteroatoms. The summed E-state index contributed by atoms with van der Waals surface area (Å²) in [5.41, 5.74) is 5.32. The second-order valence-corrected chi connectivity index (χ2v) is 4.50. The van der Waals surface area contributed by atoms with Crippen molar-refractivity contribution in [3.05, 3.63) is 0 Å². The lowest BCUT2D eigenvalue weighted by molar-refractivity contribution is -0.143. The molecule has 0 aromatic carbocycles. The molecule has 10 nitrogen and oxygen atoms in total. The third kappa shape index (κ3) is 6.68. The Morgan fingerprint density at radius 2 is 1.57 bits per heavy atom. The molecule has 0 aliphatic heterocycles. The highest BCUT2D eigenvalue weighted by Gasteiger charge is 2.30. The number of aliphatic carboxylic acids is 2. The molecule has 0 aromatic heterocycles. The maximum absolute atomic E-state index is 11.8. The van der Waals surface area contributed by atoms with Gasteiger partial charge in [-0.15, -0.1) is 0 Å². The molecule has 0 aromatic rings. The lowest BCUT2D eigenvalue weighted by atomic mass is 10.1. The van der Waals surface area contributed by atoms with Gasteiger partial charge in [0.25, 0.3) is 0 Å². The van der Waals surface area contributed by atoms with Crippen LogP contribution in [-0.4, -0.2) is 63.3 Å². The van der Waals surface area contributed by atoms with Gasteiger partial charge in [0.1, 0.15) is 12.1 Å². The number of hydrogen-bond donors (Lipinski definition) is 6. The van der Waals surface area contributed by atoms with Crippen LogP contribution < -0.4 is 16.4 Å². The van der Waals surface area contributed by atoms with Gasteiger partial charge in [-0.25, -0.2) is 0 Å². The van der Waals surface area contributed by atoms with Crippen LogP contribution in [0.5, 0.6) is 0 Å². The highest BCUT2D eigenvalue weighted by Crippen LogP contribution is 1.98. The van der Waals surface area contributed by atoms with Gasteiger partial charge in [0.2, 0.25) is 11.8 Å². The van der Waals surface area contributed by atoms with Crippen LogP contribution in [0.15, 0.2) is 0 Å². The molecule has 0 aliphatic carbocycles. The van der Waals surface area contributed by atoms with Gasteiger partial charge in [-0.2, -0.15) is 0 Å². The Balaban J connectivity index is 4.76. The van der Waals surface area contributed by atoms with Crippen LogP contribution in [0.2, 0.25) is 0 Å². The normalized spacial score (nSPS) is 16.2. The molecule has 0 spiro atoms. The van der Waals surface area contributed by atoms with E-state index >= 15 is 0 Å². The van der Waals surface area contributed by atoms with Gasteiger partial charge in [0.05, 0.1) is 18.6 Å². The average molecular weight is 305 g/mol. The third-order valence-electron chi connectivity index (χ3n) is 2.52. The number of carboxylic acids is 2. The fraction of sp³-hybridized carbons (Fsp3) is 0.636. The number of carbonyl (C=O) groups excluding carboxylic acids is 2. The minimum absolute atomic E-state index is 0.647. The van der Waals surface area contributed by atoms with Crippen molar-refractivity contribution in [3.8, 4) is 0 Å². The van der Waals surface area contributed by atoms with Gasteiger partial charge in [-0.1, -0.05) is 0 Å². The van der Waals surface area contributed by atoms with Gasteiger partial charge in [-0.3, -0.25) is 19.2 Å². The molecule has 0 saturated heterocycles. The first-order valence-electron chi connectivity index (χ1n) is 6.05. The van der Waals surface area contributed by atoms with E-state index in [-0.39, 0.29) is 0 Å². The van der Waals surface area contributed by atoms with Gasteiger partial charge in [-0.05, 0) is 13.8 Å². The van der Waals surface area contributed by atoms with Crippen molar-refractivity contribution in [1.29, 1.82) is 0 Å². The second-order valence-electron chi connectivity index (χ2n) is 4.50.